The van der Waals surface area contributed by atoms with Gasteiger partial charge in [0.05, 0.1) is 24.8 Å². The molecule has 1 heterocycles. The minimum absolute atomic E-state index is 0.199. The highest BCUT2D eigenvalue weighted by Gasteiger charge is 2.28. The van der Waals surface area contributed by atoms with Gasteiger partial charge in [-0.2, -0.15) is 0 Å². The van der Waals surface area contributed by atoms with E-state index in [-0.39, 0.29) is 17.9 Å². The Labute approximate surface area is 236 Å². The molecule has 40 heavy (non-hydrogen) atoms. The Hall–Kier alpha value is -3.68. The van der Waals surface area contributed by atoms with Crippen molar-refractivity contribution < 1.29 is 19.4 Å². The third kappa shape index (κ3) is 7.29. The molecule has 1 fully saturated rings. The number of hydrogen-bond donors (Lipinski definition) is 4. The molecule has 0 aromatic heterocycles. The summed E-state index contributed by atoms with van der Waals surface area (Å²) < 4.78 is 6.02. The van der Waals surface area contributed by atoms with Crippen molar-refractivity contribution in [3.05, 3.63) is 101 Å². The third-order valence-corrected chi connectivity index (χ3v) is 7.71. The number of ether oxygens (including phenoxy) is 1. The highest BCUT2D eigenvalue weighted by Crippen LogP contribution is 2.30. The van der Waals surface area contributed by atoms with Gasteiger partial charge in [0.1, 0.15) is 5.75 Å². The number of aliphatic hydroxyl groups excluding tert-OH is 1. The molecule has 1 aliphatic carbocycles. The van der Waals surface area contributed by atoms with Crippen LogP contribution in [0.25, 0.3) is 0 Å². The number of carbonyl (C=O) groups excluding carboxylic acids is 2. The summed E-state index contributed by atoms with van der Waals surface area (Å²) in [7, 11) is 0. The van der Waals surface area contributed by atoms with Crippen molar-refractivity contribution in [2.45, 2.75) is 69.7 Å². The van der Waals surface area contributed by atoms with Crippen LogP contribution in [0.15, 0.2) is 72.8 Å². The van der Waals surface area contributed by atoms with Gasteiger partial charge in [0.15, 0.2) is 0 Å². The minimum Gasteiger partial charge on any atom is -0.493 e. The Kier molecular flexibility index (Phi) is 9.14. The molecule has 0 saturated heterocycles. The van der Waals surface area contributed by atoms with Gasteiger partial charge in [-0.25, -0.2) is 0 Å². The summed E-state index contributed by atoms with van der Waals surface area (Å²) in [5, 5.41) is 20.6. The van der Waals surface area contributed by atoms with Gasteiger partial charge in [0.2, 0.25) is 0 Å². The number of hydrogen-bond acceptors (Lipinski definition) is 5. The molecule has 7 nitrogen and oxygen atoms in total. The standard InChI is InChI=1S/C33H39N3O4/c1-22(24-12-6-3-7-13-24)35-32(38)25-19-28(27-14-8-9-17-40-31(27)20-25)33(39)36-29(18-23-10-4-2-5-11-23)30(37)21-34-26-15-16-26/h2-7,10-13,19-20,22,26,29-30,34,37H,8-9,14-18,21H2,1H3,(H,35,38)(H,36,39)/t22-,29+,30-/m1/s1. The number of nitrogens with one attached hydrogen (secondary N) is 3. The fraction of sp³-hybridized carbons (Fsp3) is 0.394. The molecule has 0 spiro atoms. The van der Waals surface area contributed by atoms with Gasteiger partial charge in [0, 0.05) is 29.3 Å². The largest absolute Gasteiger partial charge is 0.493 e. The summed E-state index contributed by atoms with van der Waals surface area (Å²) in [4.78, 5) is 27.2. The first-order valence-corrected chi connectivity index (χ1v) is 14.4. The number of aliphatic hydroxyl groups is 1. The topological polar surface area (TPSA) is 99.7 Å². The van der Waals surface area contributed by atoms with Crippen molar-refractivity contribution in [2.75, 3.05) is 13.2 Å². The van der Waals surface area contributed by atoms with Gasteiger partial charge >= 0.3 is 0 Å². The summed E-state index contributed by atoms with van der Waals surface area (Å²) in [6.45, 7) is 2.89. The zero-order valence-corrected chi connectivity index (χ0v) is 23.1. The lowest BCUT2D eigenvalue weighted by Gasteiger charge is -2.26. The molecular formula is C33H39N3O4. The van der Waals surface area contributed by atoms with Crippen LogP contribution in [0.2, 0.25) is 0 Å². The molecule has 4 N–H and O–H groups in total. The van der Waals surface area contributed by atoms with E-state index in [9.17, 15) is 14.7 Å². The second-order valence-corrected chi connectivity index (χ2v) is 10.9. The first-order valence-electron chi connectivity index (χ1n) is 14.4. The third-order valence-electron chi connectivity index (χ3n) is 7.71. The maximum absolute atomic E-state index is 13.9. The summed E-state index contributed by atoms with van der Waals surface area (Å²) in [6.07, 6.45) is 4.43. The van der Waals surface area contributed by atoms with Gasteiger partial charge in [-0.3, -0.25) is 9.59 Å². The van der Waals surface area contributed by atoms with Gasteiger partial charge < -0.3 is 25.8 Å². The minimum atomic E-state index is -0.766. The van der Waals surface area contributed by atoms with E-state index >= 15 is 0 Å². The molecule has 1 aliphatic heterocycles. The second kappa shape index (κ2) is 13.1. The number of carbonyl (C=O) groups is 2. The highest BCUT2D eigenvalue weighted by molar-refractivity contribution is 6.02. The van der Waals surface area contributed by atoms with Crippen LogP contribution in [0.1, 0.15) is 76.1 Å². The van der Waals surface area contributed by atoms with Crippen molar-refractivity contribution in [2.24, 2.45) is 0 Å². The molecule has 0 unspecified atom stereocenters. The summed E-state index contributed by atoms with van der Waals surface area (Å²) in [5.41, 5.74) is 3.65. The molecule has 1 saturated carbocycles. The van der Waals surface area contributed by atoms with Gasteiger partial charge in [-0.15, -0.1) is 0 Å². The first-order chi connectivity index (χ1) is 19.5. The van der Waals surface area contributed by atoms with Gasteiger partial charge in [0.25, 0.3) is 11.8 Å². The molecule has 0 bridgehead atoms. The maximum Gasteiger partial charge on any atom is 0.252 e. The van der Waals surface area contributed by atoms with Crippen LogP contribution in [0, 0.1) is 0 Å². The maximum atomic E-state index is 13.9. The van der Waals surface area contributed by atoms with E-state index in [1.54, 1.807) is 12.1 Å². The van der Waals surface area contributed by atoms with Crippen LogP contribution in [0.5, 0.6) is 5.75 Å². The van der Waals surface area contributed by atoms with E-state index in [0.717, 1.165) is 42.4 Å². The van der Waals surface area contributed by atoms with Gasteiger partial charge in [-0.1, -0.05) is 60.7 Å². The van der Waals surface area contributed by atoms with E-state index in [4.69, 9.17) is 4.74 Å². The molecule has 3 atom stereocenters. The Bertz CT molecular complexity index is 1290. The Morgan fingerprint density at radius 3 is 2.40 bits per heavy atom. The molecule has 3 aromatic carbocycles. The van der Waals surface area contributed by atoms with Gasteiger partial charge in [-0.05, 0) is 68.7 Å². The normalized spacial score (nSPS) is 16.9. The summed E-state index contributed by atoms with van der Waals surface area (Å²) in [6, 6.07) is 22.8. The molecule has 5 rings (SSSR count). The lowest BCUT2D eigenvalue weighted by molar-refractivity contribution is 0.0828. The fourth-order valence-electron chi connectivity index (χ4n) is 5.17. The average Bonchev–Trinajstić information content (AvgIpc) is 3.83. The molecule has 2 aliphatic rings. The van der Waals surface area contributed by atoms with E-state index in [1.807, 2.05) is 67.6 Å². The van der Waals surface area contributed by atoms with Crippen LogP contribution >= 0.6 is 0 Å². The lowest BCUT2D eigenvalue weighted by atomic mass is 9.96. The summed E-state index contributed by atoms with van der Waals surface area (Å²) in [5.74, 6) is 0.00712. The van der Waals surface area contributed by atoms with Crippen LogP contribution in [-0.2, 0) is 12.8 Å². The Morgan fingerprint density at radius 2 is 1.68 bits per heavy atom. The SMILES string of the molecule is C[C@@H](NC(=O)c1cc2c(c(C(=O)N[C@@H](Cc3ccccc3)[C@H](O)CNC3CC3)c1)CCCCO2)c1ccccc1. The van der Waals surface area contributed by atoms with Crippen molar-refractivity contribution in [3.63, 3.8) is 0 Å². The zero-order valence-electron chi connectivity index (χ0n) is 23.1. The Morgan fingerprint density at radius 1 is 0.950 bits per heavy atom. The zero-order chi connectivity index (χ0) is 27.9. The average molecular weight is 542 g/mol. The molecule has 7 heteroatoms. The van der Waals surface area contributed by atoms with E-state index in [2.05, 4.69) is 16.0 Å². The first kappa shape index (κ1) is 27.9. The van der Waals surface area contributed by atoms with Crippen molar-refractivity contribution >= 4 is 11.8 Å². The predicted octanol–water partition coefficient (Wildman–Crippen LogP) is 4.35. The summed E-state index contributed by atoms with van der Waals surface area (Å²) >= 11 is 0. The second-order valence-electron chi connectivity index (χ2n) is 10.9. The number of amides is 2. The molecule has 0 radical (unpaired) electrons. The molecule has 210 valence electrons. The Balaban J connectivity index is 1.39. The van der Waals surface area contributed by atoms with Crippen molar-refractivity contribution in [1.29, 1.82) is 0 Å². The number of rotatable bonds is 11. The van der Waals surface area contributed by atoms with Crippen LogP contribution in [-0.4, -0.2) is 48.3 Å². The number of benzene rings is 3. The van der Waals surface area contributed by atoms with Crippen molar-refractivity contribution in [1.82, 2.24) is 16.0 Å². The van der Waals surface area contributed by atoms with E-state index < -0.39 is 12.1 Å². The van der Waals surface area contributed by atoms with Crippen LogP contribution in [0.4, 0.5) is 0 Å². The monoisotopic (exact) mass is 541 g/mol. The smallest absolute Gasteiger partial charge is 0.252 e. The van der Waals surface area contributed by atoms with Crippen LogP contribution in [0.3, 0.4) is 0 Å². The van der Waals surface area contributed by atoms with E-state index in [0.29, 0.717) is 48.9 Å². The number of fused-ring (bicyclic) bond motifs is 1. The molecular weight excluding hydrogens is 502 g/mol. The van der Waals surface area contributed by atoms with Crippen LogP contribution < -0.4 is 20.7 Å². The molecule has 2 amide bonds. The lowest BCUT2D eigenvalue weighted by Crippen LogP contribution is -2.49. The fourth-order valence-corrected chi connectivity index (χ4v) is 5.17. The van der Waals surface area contributed by atoms with E-state index in [1.165, 1.54) is 0 Å². The molecule has 3 aromatic rings. The predicted molar refractivity (Wildman–Crippen MR) is 156 cm³/mol. The quantitative estimate of drug-likeness (QED) is 0.289. The van der Waals surface area contributed by atoms with Crippen molar-refractivity contribution in [3.8, 4) is 5.75 Å². The highest BCUT2D eigenvalue weighted by atomic mass is 16.5.